The number of methoxy groups -OCH3 is 1. The maximum atomic E-state index is 5.71. The van der Waals surface area contributed by atoms with Crippen molar-refractivity contribution in [3.63, 3.8) is 0 Å². The van der Waals surface area contributed by atoms with Gasteiger partial charge < -0.3 is 10.5 Å². The van der Waals surface area contributed by atoms with Crippen LogP contribution in [0.2, 0.25) is 0 Å². The molecule has 0 fully saturated rings. The fraction of sp³-hybridized carbons (Fsp3) is 0.500. The molecule has 0 bridgehead atoms. The minimum atomic E-state index is 0.275. The minimum Gasteiger partial charge on any atom is -0.496 e. The zero-order chi connectivity index (χ0) is 10.6. The summed E-state index contributed by atoms with van der Waals surface area (Å²) in [5.74, 6) is 0.953. The van der Waals surface area contributed by atoms with Crippen LogP contribution in [0.5, 0.6) is 5.75 Å². The van der Waals surface area contributed by atoms with Crippen molar-refractivity contribution in [1.82, 2.24) is 0 Å². The van der Waals surface area contributed by atoms with E-state index in [2.05, 4.69) is 19.1 Å². The molecule has 1 atom stereocenters. The predicted molar refractivity (Wildman–Crippen MR) is 59.7 cm³/mol. The van der Waals surface area contributed by atoms with Crippen LogP contribution in [0.15, 0.2) is 18.2 Å². The lowest BCUT2D eigenvalue weighted by atomic mass is 10.0. The zero-order valence-electron chi connectivity index (χ0n) is 9.21. The molecule has 0 radical (unpaired) electrons. The van der Waals surface area contributed by atoms with Gasteiger partial charge in [0.1, 0.15) is 5.75 Å². The summed E-state index contributed by atoms with van der Waals surface area (Å²) in [4.78, 5) is 0. The van der Waals surface area contributed by atoms with Gasteiger partial charge in [0, 0.05) is 6.04 Å². The van der Waals surface area contributed by atoms with Crippen LogP contribution in [0, 0.1) is 6.92 Å². The molecule has 0 saturated carbocycles. The molecular weight excluding hydrogens is 174 g/mol. The monoisotopic (exact) mass is 193 g/mol. The van der Waals surface area contributed by atoms with E-state index in [1.54, 1.807) is 7.11 Å². The van der Waals surface area contributed by atoms with Gasteiger partial charge in [-0.05, 0) is 43.9 Å². The molecule has 2 heteroatoms. The molecule has 0 aromatic heterocycles. The number of benzene rings is 1. The Bertz CT molecular complexity index is 294. The molecule has 0 unspecified atom stereocenters. The van der Waals surface area contributed by atoms with Crippen LogP contribution in [0.1, 0.15) is 24.5 Å². The number of ether oxygens (including phenoxy) is 1. The third kappa shape index (κ3) is 3.04. The van der Waals surface area contributed by atoms with E-state index >= 15 is 0 Å². The first-order valence-corrected chi connectivity index (χ1v) is 5.02. The Morgan fingerprint density at radius 1 is 1.43 bits per heavy atom. The minimum absolute atomic E-state index is 0.275. The molecule has 0 heterocycles. The van der Waals surface area contributed by atoms with E-state index in [4.69, 9.17) is 10.5 Å². The molecule has 2 N–H and O–H groups in total. The van der Waals surface area contributed by atoms with E-state index in [1.165, 1.54) is 11.1 Å². The second-order valence-electron chi connectivity index (χ2n) is 3.82. The normalized spacial score (nSPS) is 12.6. The van der Waals surface area contributed by atoms with E-state index in [1.807, 2.05) is 13.0 Å². The second-order valence-corrected chi connectivity index (χ2v) is 3.82. The lowest BCUT2D eigenvalue weighted by Crippen LogP contribution is -2.15. The lowest BCUT2D eigenvalue weighted by molar-refractivity contribution is 0.411. The van der Waals surface area contributed by atoms with Gasteiger partial charge in [-0.25, -0.2) is 0 Å². The second kappa shape index (κ2) is 5.01. The largest absolute Gasteiger partial charge is 0.496 e. The Morgan fingerprint density at radius 3 is 2.64 bits per heavy atom. The average Bonchev–Trinajstić information content (AvgIpc) is 2.15. The van der Waals surface area contributed by atoms with Crippen LogP contribution in [0.4, 0.5) is 0 Å². The average molecular weight is 193 g/mol. The van der Waals surface area contributed by atoms with Crippen LogP contribution in [0.3, 0.4) is 0 Å². The van der Waals surface area contributed by atoms with E-state index in [9.17, 15) is 0 Å². The molecule has 2 nitrogen and oxygen atoms in total. The van der Waals surface area contributed by atoms with Crippen molar-refractivity contribution < 1.29 is 4.74 Å². The SMILES string of the molecule is COc1ccc(CC[C@H](C)N)cc1C. The fourth-order valence-corrected chi connectivity index (χ4v) is 1.49. The highest BCUT2D eigenvalue weighted by Crippen LogP contribution is 2.19. The van der Waals surface area contributed by atoms with Crippen molar-refractivity contribution in [3.05, 3.63) is 29.3 Å². The van der Waals surface area contributed by atoms with E-state index in [-0.39, 0.29) is 6.04 Å². The van der Waals surface area contributed by atoms with Crippen molar-refractivity contribution >= 4 is 0 Å². The first kappa shape index (κ1) is 11.1. The number of nitrogens with two attached hydrogens (primary N) is 1. The number of hydrogen-bond donors (Lipinski definition) is 1. The molecular formula is C12H19NO. The summed E-state index contributed by atoms with van der Waals surface area (Å²) in [5, 5.41) is 0. The van der Waals surface area contributed by atoms with Gasteiger partial charge in [0.15, 0.2) is 0 Å². The van der Waals surface area contributed by atoms with Crippen molar-refractivity contribution in [3.8, 4) is 5.75 Å². The maximum absolute atomic E-state index is 5.71. The topological polar surface area (TPSA) is 35.2 Å². The first-order valence-electron chi connectivity index (χ1n) is 5.02. The summed E-state index contributed by atoms with van der Waals surface area (Å²) in [5.41, 5.74) is 8.23. The molecule has 0 aliphatic rings. The molecule has 0 spiro atoms. The quantitative estimate of drug-likeness (QED) is 0.796. The summed E-state index contributed by atoms with van der Waals surface area (Å²) in [6.45, 7) is 4.10. The number of aryl methyl sites for hydroxylation is 2. The molecule has 0 aliphatic heterocycles. The van der Waals surface area contributed by atoms with Gasteiger partial charge in [-0.15, -0.1) is 0 Å². The molecule has 0 amide bonds. The molecule has 1 rings (SSSR count). The van der Waals surface area contributed by atoms with Crippen LogP contribution in [-0.4, -0.2) is 13.2 Å². The van der Waals surface area contributed by atoms with E-state index in [0.29, 0.717) is 0 Å². The summed E-state index contributed by atoms with van der Waals surface area (Å²) in [6, 6.07) is 6.57. The standard InChI is InChI=1S/C12H19NO/c1-9-8-11(5-4-10(2)13)6-7-12(9)14-3/h6-8,10H,4-5,13H2,1-3H3/t10-/m0/s1. The summed E-state index contributed by atoms with van der Waals surface area (Å²) >= 11 is 0. The highest BCUT2D eigenvalue weighted by molar-refractivity contribution is 5.36. The Balaban J connectivity index is 2.66. The van der Waals surface area contributed by atoms with E-state index in [0.717, 1.165) is 18.6 Å². The Morgan fingerprint density at radius 2 is 2.14 bits per heavy atom. The van der Waals surface area contributed by atoms with Gasteiger partial charge in [0.05, 0.1) is 7.11 Å². The molecule has 1 aromatic rings. The molecule has 78 valence electrons. The van der Waals surface area contributed by atoms with Crippen molar-refractivity contribution in [2.45, 2.75) is 32.7 Å². The summed E-state index contributed by atoms with van der Waals surface area (Å²) in [7, 11) is 1.70. The first-order chi connectivity index (χ1) is 6.63. The van der Waals surface area contributed by atoms with Crippen LogP contribution in [0.25, 0.3) is 0 Å². The summed E-state index contributed by atoms with van der Waals surface area (Å²) < 4.78 is 5.20. The van der Waals surface area contributed by atoms with Gasteiger partial charge in [-0.1, -0.05) is 12.1 Å². The van der Waals surface area contributed by atoms with Crippen LogP contribution < -0.4 is 10.5 Å². The third-order valence-electron chi connectivity index (χ3n) is 2.35. The molecule has 0 aliphatic carbocycles. The Hall–Kier alpha value is -1.02. The fourth-order valence-electron chi connectivity index (χ4n) is 1.49. The van der Waals surface area contributed by atoms with Gasteiger partial charge in [-0.3, -0.25) is 0 Å². The van der Waals surface area contributed by atoms with Crippen LogP contribution >= 0.6 is 0 Å². The van der Waals surface area contributed by atoms with Gasteiger partial charge in [-0.2, -0.15) is 0 Å². The Kier molecular flexibility index (Phi) is 3.96. The highest BCUT2D eigenvalue weighted by atomic mass is 16.5. The maximum Gasteiger partial charge on any atom is 0.121 e. The van der Waals surface area contributed by atoms with Crippen LogP contribution in [-0.2, 0) is 6.42 Å². The molecule has 0 saturated heterocycles. The third-order valence-corrected chi connectivity index (χ3v) is 2.35. The smallest absolute Gasteiger partial charge is 0.121 e. The van der Waals surface area contributed by atoms with Crippen molar-refractivity contribution in [1.29, 1.82) is 0 Å². The van der Waals surface area contributed by atoms with Crippen molar-refractivity contribution in [2.24, 2.45) is 5.73 Å². The lowest BCUT2D eigenvalue weighted by Gasteiger charge is -2.08. The number of rotatable bonds is 4. The van der Waals surface area contributed by atoms with Gasteiger partial charge >= 0.3 is 0 Å². The Labute approximate surface area is 86.1 Å². The zero-order valence-corrected chi connectivity index (χ0v) is 9.21. The number of hydrogen-bond acceptors (Lipinski definition) is 2. The van der Waals surface area contributed by atoms with Gasteiger partial charge in [0.25, 0.3) is 0 Å². The predicted octanol–water partition coefficient (Wildman–Crippen LogP) is 2.28. The van der Waals surface area contributed by atoms with Gasteiger partial charge in [0.2, 0.25) is 0 Å². The van der Waals surface area contributed by atoms with E-state index < -0.39 is 0 Å². The highest BCUT2D eigenvalue weighted by Gasteiger charge is 2.01. The van der Waals surface area contributed by atoms with Crippen molar-refractivity contribution in [2.75, 3.05) is 7.11 Å². The molecule has 1 aromatic carbocycles. The summed E-state index contributed by atoms with van der Waals surface area (Å²) in [6.07, 6.45) is 2.08. The molecule has 14 heavy (non-hydrogen) atoms.